The minimum atomic E-state index is 0.437. The van der Waals surface area contributed by atoms with Crippen LogP contribution in [0.4, 0.5) is 0 Å². The fraction of sp³-hybridized carbons (Fsp3) is 0.167. The third kappa shape index (κ3) is 1.10. The zero-order valence-electron chi connectivity index (χ0n) is 5.22. The highest BCUT2D eigenvalue weighted by Crippen LogP contribution is 2.05. The average Bonchev–Trinajstić information content (AvgIpc) is 2.14. The van der Waals surface area contributed by atoms with Crippen LogP contribution in [0.15, 0.2) is 17.2 Å². The van der Waals surface area contributed by atoms with Gasteiger partial charge in [-0.3, -0.25) is 0 Å². The number of nitrogens with zero attached hydrogens (tertiary/aromatic N) is 1. The van der Waals surface area contributed by atoms with Crippen molar-refractivity contribution in [2.75, 3.05) is 0 Å². The Morgan fingerprint density at radius 1 is 1.89 bits per heavy atom. The first-order valence-corrected chi connectivity index (χ1v) is 2.58. The lowest BCUT2D eigenvalue weighted by Gasteiger charge is -1.84. The zero-order chi connectivity index (χ0) is 6.85. The van der Waals surface area contributed by atoms with Gasteiger partial charge in [0.2, 0.25) is 0 Å². The first kappa shape index (κ1) is 5.88. The largest absolute Gasteiger partial charge is 0.397 e. The van der Waals surface area contributed by atoms with Crippen LogP contribution in [0, 0.1) is 6.92 Å². The van der Waals surface area contributed by atoms with Crippen LogP contribution < -0.4 is 5.73 Å². The lowest BCUT2D eigenvalue weighted by atomic mass is 10.3. The maximum Gasteiger partial charge on any atom is 0.134 e. The molecule has 1 aromatic heterocycles. The Balaban J connectivity index is 2.98. The predicted molar refractivity (Wildman–Crippen MR) is 34.5 cm³/mol. The molecule has 1 heterocycles. The van der Waals surface area contributed by atoms with Gasteiger partial charge in [-0.15, -0.1) is 0 Å². The molecule has 0 amide bonds. The molecule has 0 unspecified atom stereocenters. The second-order valence-corrected chi connectivity index (χ2v) is 1.85. The summed E-state index contributed by atoms with van der Waals surface area (Å²) in [7, 11) is 0. The van der Waals surface area contributed by atoms with E-state index in [9.17, 15) is 0 Å². The molecule has 0 fully saturated rings. The topological polar surface area (TPSA) is 52.0 Å². The van der Waals surface area contributed by atoms with Gasteiger partial charge < -0.3 is 10.3 Å². The number of aromatic nitrogens is 1. The summed E-state index contributed by atoms with van der Waals surface area (Å²) in [6.07, 6.45) is 0. The summed E-state index contributed by atoms with van der Waals surface area (Å²) in [5, 5.41) is 3.62. The molecular weight excluding hydrogens is 116 g/mol. The Bertz CT molecular complexity index is 227. The van der Waals surface area contributed by atoms with Crippen molar-refractivity contribution in [3.8, 4) is 0 Å². The van der Waals surface area contributed by atoms with E-state index < -0.39 is 0 Å². The highest BCUT2D eigenvalue weighted by Gasteiger charge is 1.98. The van der Waals surface area contributed by atoms with E-state index in [4.69, 9.17) is 10.3 Å². The summed E-state index contributed by atoms with van der Waals surface area (Å²) >= 11 is 0. The molecule has 0 saturated carbocycles. The second-order valence-electron chi connectivity index (χ2n) is 1.85. The van der Waals surface area contributed by atoms with E-state index in [0.717, 1.165) is 5.76 Å². The fourth-order valence-electron chi connectivity index (χ4n) is 0.518. The number of nitrogens with two attached hydrogens (primary N) is 1. The molecule has 0 saturated heterocycles. The molecule has 0 spiro atoms. The smallest absolute Gasteiger partial charge is 0.134 e. The Morgan fingerprint density at radius 3 is 2.78 bits per heavy atom. The van der Waals surface area contributed by atoms with Gasteiger partial charge in [0.25, 0.3) is 0 Å². The number of hydrogen-bond donors (Lipinski definition) is 1. The normalized spacial score (nSPS) is 9.44. The maximum absolute atomic E-state index is 5.31. The Kier molecular flexibility index (Phi) is 1.26. The van der Waals surface area contributed by atoms with E-state index in [-0.39, 0.29) is 0 Å². The first-order valence-electron chi connectivity index (χ1n) is 2.58. The minimum absolute atomic E-state index is 0.437. The maximum atomic E-state index is 5.31. The van der Waals surface area contributed by atoms with Gasteiger partial charge in [-0.2, -0.15) is 0 Å². The van der Waals surface area contributed by atoms with Crippen LogP contribution in [-0.4, -0.2) is 5.16 Å². The molecule has 0 aliphatic heterocycles. The van der Waals surface area contributed by atoms with Crippen molar-refractivity contribution in [3.05, 3.63) is 24.1 Å². The van der Waals surface area contributed by atoms with Gasteiger partial charge >= 0.3 is 0 Å². The number of hydrogen-bond acceptors (Lipinski definition) is 3. The van der Waals surface area contributed by atoms with Gasteiger partial charge in [-0.05, 0) is 6.92 Å². The van der Waals surface area contributed by atoms with E-state index >= 15 is 0 Å². The highest BCUT2D eigenvalue weighted by atomic mass is 16.5. The molecule has 48 valence electrons. The monoisotopic (exact) mass is 124 g/mol. The standard InChI is InChI=1S/C6H8N2O/c1-4-3-6(5(2)7)8-9-4/h3H,2,7H2,1H3. The quantitative estimate of drug-likeness (QED) is 0.605. The van der Waals surface area contributed by atoms with Gasteiger partial charge in [-0.25, -0.2) is 0 Å². The van der Waals surface area contributed by atoms with Gasteiger partial charge in [0, 0.05) is 6.07 Å². The Labute approximate surface area is 53.1 Å². The van der Waals surface area contributed by atoms with Crippen molar-refractivity contribution in [2.24, 2.45) is 5.73 Å². The molecule has 1 aromatic rings. The summed E-state index contributed by atoms with van der Waals surface area (Å²) in [5.74, 6) is 0.747. The third-order valence-electron chi connectivity index (χ3n) is 0.957. The van der Waals surface area contributed by atoms with E-state index in [2.05, 4.69) is 11.7 Å². The Morgan fingerprint density at radius 2 is 2.56 bits per heavy atom. The lowest BCUT2D eigenvalue weighted by Crippen LogP contribution is -1.92. The predicted octanol–water partition coefficient (Wildman–Crippen LogP) is 0.912. The van der Waals surface area contributed by atoms with Crippen molar-refractivity contribution in [3.63, 3.8) is 0 Å². The molecule has 2 N–H and O–H groups in total. The van der Waals surface area contributed by atoms with Crippen LogP contribution in [-0.2, 0) is 0 Å². The van der Waals surface area contributed by atoms with Gasteiger partial charge in [0.15, 0.2) is 0 Å². The van der Waals surface area contributed by atoms with Crippen LogP contribution in [0.5, 0.6) is 0 Å². The highest BCUT2D eigenvalue weighted by molar-refractivity contribution is 5.55. The van der Waals surface area contributed by atoms with Gasteiger partial charge in [0.1, 0.15) is 11.5 Å². The van der Waals surface area contributed by atoms with Crippen LogP contribution in [0.2, 0.25) is 0 Å². The summed E-state index contributed by atoms with van der Waals surface area (Å²) in [6, 6.07) is 1.74. The molecule has 0 aliphatic rings. The number of rotatable bonds is 1. The van der Waals surface area contributed by atoms with Crippen LogP contribution in [0.25, 0.3) is 5.70 Å². The van der Waals surface area contributed by atoms with Crippen molar-refractivity contribution < 1.29 is 4.52 Å². The first-order chi connectivity index (χ1) is 4.20. The summed E-state index contributed by atoms with van der Waals surface area (Å²) in [6.45, 7) is 5.30. The lowest BCUT2D eigenvalue weighted by molar-refractivity contribution is 0.395. The molecule has 0 aliphatic carbocycles. The minimum Gasteiger partial charge on any atom is -0.397 e. The second kappa shape index (κ2) is 1.93. The summed E-state index contributed by atoms with van der Waals surface area (Å²) in [5.41, 5.74) is 6.37. The average molecular weight is 124 g/mol. The van der Waals surface area contributed by atoms with Crippen LogP contribution >= 0.6 is 0 Å². The van der Waals surface area contributed by atoms with E-state index in [0.29, 0.717) is 11.4 Å². The molecule has 3 heteroatoms. The molecular formula is C6H8N2O. The fourth-order valence-corrected chi connectivity index (χ4v) is 0.518. The van der Waals surface area contributed by atoms with Crippen molar-refractivity contribution in [1.82, 2.24) is 5.16 Å². The Hall–Kier alpha value is -1.25. The zero-order valence-corrected chi connectivity index (χ0v) is 5.22. The van der Waals surface area contributed by atoms with Crippen molar-refractivity contribution in [2.45, 2.75) is 6.92 Å². The molecule has 3 nitrogen and oxygen atoms in total. The molecule has 0 bridgehead atoms. The van der Waals surface area contributed by atoms with E-state index in [1.54, 1.807) is 13.0 Å². The molecule has 9 heavy (non-hydrogen) atoms. The van der Waals surface area contributed by atoms with Crippen molar-refractivity contribution in [1.29, 1.82) is 0 Å². The van der Waals surface area contributed by atoms with Crippen LogP contribution in [0.1, 0.15) is 11.5 Å². The SMILES string of the molecule is C=C(N)c1cc(C)on1. The van der Waals surface area contributed by atoms with Crippen molar-refractivity contribution >= 4 is 5.70 Å². The van der Waals surface area contributed by atoms with Crippen LogP contribution in [0.3, 0.4) is 0 Å². The molecule has 1 rings (SSSR count). The van der Waals surface area contributed by atoms with Gasteiger partial charge in [0.05, 0.1) is 5.70 Å². The third-order valence-corrected chi connectivity index (χ3v) is 0.957. The summed E-state index contributed by atoms with van der Waals surface area (Å²) in [4.78, 5) is 0. The number of aryl methyl sites for hydroxylation is 1. The summed E-state index contributed by atoms with van der Waals surface area (Å²) < 4.78 is 4.73. The van der Waals surface area contributed by atoms with E-state index in [1.165, 1.54) is 0 Å². The van der Waals surface area contributed by atoms with E-state index in [1.807, 2.05) is 0 Å². The molecule has 0 atom stereocenters. The van der Waals surface area contributed by atoms with Gasteiger partial charge in [-0.1, -0.05) is 11.7 Å². The molecule has 0 aromatic carbocycles. The molecule has 0 radical (unpaired) electrons.